The predicted octanol–water partition coefficient (Wildman–Crippen LogP) is 3.95. The zero-order valence-electron chi connectivity index (χ0n) is 25.6. The van der Waals surface area contributed by atoms with Crippen LogP contribution in [0.5, 0.6) is 5.75 Å². The summed E-state index contributed by atoms with van der Waals surface area (Å²) in [7, 11) is 0. The molecule has 3 aliphatic heterocycles. The van der Waals surface area contributed by atoms with E-state index >= 15 is 0 Å². The van der Waals surface area contributed by atoms with E-state index in [0.29, 0.717) is 56.8 Å². The Balaban J connectivity index is 1.74. The Labute approximate surface area is 250 Å². The maximum absolute atomic E-state index is 14.5. The van der Waals surface area contributed by atoms with Crippen LogP contribution in [0.25, 0.3) is 0 Å². The third kappa shape index (κ3) is 5.49. The van der Waals surface area contributed by atoms with Gasteiger partial charge in [0.05, 0.1) is 24.0 Å². The molecule has 9 heteroatoms. The number of fused-ring (bicyclic) bond motifs is 1. The Morgan fingerprint density at radius 1 is 1.12 bits per heavy atom. The molecule has 1 aromatic carbocycles. The van der Waals surface area contributed by atoms with E-state index in [4.69, 9.17) is 9.47 Å². The molecule has 5 atom stereocenters. The summed E-state index contributed by atoms with van der Waals surface area (Å²) >= 11 is 0. The fourth-order valence-corrected chi connectivity index (χ4v) is 7.25. The Morgan fingerprint density at radius 2 is 1.81 bits per heavy atom. The molecule has 230 valence electrons. The molecule has 2 bridgehead atoms. The normalized spacial score (nSPS) is 27.7. The summed E-state index contributed by atoms with van der Waals surface area (Å²) in [6, 6.07) is 6.39. The number of carbonyl (C=O) groups is 3. The fourth-order valence-electron chi connectivity index (χ4n) is 7.25. The second-order valence-corrected chi connectivity index (χ2v) is 12.1. The average molecular weight is 582 g/mol. The lowest BCUT2D eigenvalue weighted by atomic mass is 9.66. The monoisotopic (exact) mass is 581 g/mol. The van der Waals surface area contributed by atoms with Crippen molar-refractivity contribution in [1.29, 1.82) is 0 Å². The molecular formula is C33H47N3O6. The maximum atomic E-state index is 14.5. The van der Waals surface area contributed by atoms with Crippen molar-refractivity contribution in [2.75, 3.05) is 37.7 Å². The number of hydrogen-bond acceptors (Lipinski definition) is 6. The smallest absolute Gasteiger partial charge is 0.248 e. The summed E-state index contributed by atoms with van der Waals surface area (Å²) in [5.74, 6) is -1.40. The third-order valence-corrected chi connectivity index (χ3v) is 9.10. The number of likely N-dealkylation sites (tertiary alicyclic amines) is 1. The summed E-state index contributed by atoms with van der Waals surface area (Å²) in [6.07, 6.45) is 6.46. The molecule has 0 aromatic heterocycles. The molecular weight excluding hydrogens is 534 g/mol. The van der Waals surface area contributed by atoms with Crippen molar-refractivity contribution in [3.8, 4) is 5.75 Å². The Morgan fingerprint density at radius 3 is 2.40 bits per heavy atom. The van der Waals surface area contributed by atoms with Crippen LogP contribution in [-0.2, 0) is 19.1 Å². The highest BCUT2D eigenvalue weighted by Gasteiger charge is 2.78. The molecule has 0 aliphatic carbocycles. The van der Waals surface area contributed by atoms with Gasteiger partial charge in [0.1, 0.15) is 17.4 Å². The van der Waals surface area contributed by atoms with Gasteiger partial charge in [-0.05, 0) is 84.1 Å². The zero-order chi connectivity index (χ0) is 30.7. The van der Waals surface area contributed by atoms with Gasteiger partial charge in [-0.15, -0.1) is 13.2 Å². The molecule has 3 saturated heterocycles. The van der Waals surface area contributed by atoms with Gasteiger partial charge in [-0.2, -0.15) is 0 Å². The van der Waals surface area contributed by atoms with Crippen molar-refractivity contribution >= 4 is 23.4 Å². The van der Waals surface area contributed by atoms with Crippen LogP contribution in [0.4, 0.5) is 5.69 Å². The summed E-state index contributed by atoms with van der Waals surface area (Å²) in [5.41, 5.74) is -1.29. The van der Waals surface area contributed by atoms with Gasteiger partial charge in [0.15, 0.2) is 0 Å². The minimum atomic E-state index is -1.09. The van der Waals surface area contributed by atoms with E-state index in [9.17, 15) is 19.5 Å². The molecule has 3 heterocycles. The number of amides is 3. The number of hydrogen-bond donors (Lipinski definition) is 1. The number of aliphatic hydroxyl groups excluding tert-OH is 1. The molecule has 1 spiro atoms. The van der Waals surface area contributed by atoms with Gasteiger partial charge in [0, 0.05) is 38.0 Å². The van der Waals surface area contributed by atoms with Crippen LogP contribution in [0.1, 0.15) is 59.8 Å². The Kier molecular flexibility index (Phi) is 9.83. The number of benzene rings is 1. The number of nitrogens with zero attached hydrogens (tertiary/aromatic N) is 3. The van der Waals surface area contributed by atoms with E-state index in [0.717, 1.165) is 6.42 Å². The van der Waals surface area contributed by atoms with Gasteiger partial charge < -0.3 is 29.3 Å². The summed E-state index contributed by atoms with van der Waals surface area (Å²) in [6.45, 7) is 17.0. The Hall–Kier alpha value is -3.17. The highest BCUT2D eigenvalue weighted by atomic mass is 16.5. The van der Waals surface area contributed by atoms with E-state index in [1.54, 1.807) is 26.9 Å². The molecule has 0 saturated carbocycles. The molecule has 42 heavy (non-hydrogen) atoms. The van der Waals surface area contributed by atoms with E-state index in [1.165, 1.54) is 0 Å². The first-order valence-electron chi connectivity index (χ1n) is 15.3. The minimum Gasteiger partial charge on any atom is -0.494 e. The van der Waals surface area contributed by atoms with Crippen LogP contribution < -0.4 is 9.64 Å². The molecule has 3 amide bonds. The first-order valence-corrected chi connectivity index (χ1v) is 15.3. The standard InChI is InChI=1S/C33H47N3O6/c1-7-19-34(23(4)5)31(40)28-33-18-17-32(6,42-33)26(27(33)30(39)36(28)21-11-10-12-22-37)29(38)35(20-8-2)24-13-15-25(16-14-24)41-9-3/h7-8,13-16,23,26-28,37H,1-2,9-12,17-22H2,3-6H3/t26-,27-,28?,32+,33?/m0/s1. The van der Waals surface area contributed by atoms with E-state index in [2.05, 4.69) is 13.2 Å². The van der Waals surface area contributed by atoms with Crippen LogP contribution >= 0.6 is 0 Å². The second kappa shape index (κ2) is 13.0. The van der Waals surface area contributed by atoms with Gasteiger partial charge in [0.25, 0.3) is 0 Å². The SMILES string of the molecule is C=CCN(C(=O)[C@@H]1[C@H]2C(=O)N(CCCCCO)C(C(=O)N(CC=C)C(C)C)C23CC[C@@]1(C)O3)c1ccc(OCC)cc1. The summed E-state index contributed by atoms with van der Waals surface area (Å²) < 4.78 is 12.4. The largest absolute Gasteiger partial charge is 0.494 e. The molecule has 3 aliphatic rings. The van der Waals surface area contributed by atoms with Crippen molar-refractivity contribution in [1.82, 2.24) is 9.80 Å². The summed E-state index contributed by atoms with van der Waals surface area (Å²) in [5, 5.41) is 9.29. The lowest BCUT2D eigenvalue weighted by molar-refractivity contribution is -0.152. The molecule has 2 unspecified atom stereocenters. The quantitative estimate of drug-likeness (QED) is 0.249. The minimum absolute atomic E-state index is 0.0755. The van der Waals surface area contributed by atoms with Crippen LogP contribution in [-0.4, -0.2) is 88.8 Å². The highest BCUT2D eigenvalue weighted by molar-refractivity contribution is 6.03. The third-order valence-electron chi connectivity index (χ3n) is 9.10. The topological polar surface area (TPSA) is 99.6 Å². The molecule has 4 rings (SSSR count). The number of anilines is 1. The van der Waals surface area contributed by atoms with Crippen LogP contribution in [0.2, 0.25) is 0 Å². The molecule has 3 fully saturated rings. The van der Waals surface area contributed by atoms with Crippen molar-refractivity contribution in [3.05, 3.63) is 49.6 Å². The Bertz CT molecular complexity index is 1170. The lowest BCUT2D eigenvalue weighted by Crippen LogP contribution is -2.57. The van der Waals surface area contributed by atoms with Gasteiger partial charge >= 0.3 is 0 Å². The number of unbranched alkanes of at least 4 members (excludes halogenated alkanes) is 2. The number of aliphatic hydroxyl groups is 1. The second-order valence-electron chi connectivity index (χ2n) is 12.1. The van der Waals surface area contributed by atoms with Gasteiger partial charge in [-0.1, -0.05) is 12.2 Å². The highest BCUT2D eigenvalue weighted by Crippen LogP contribution is 2.63. The van der Waals surface area contributed by atoms with Crippen molar-refractivity contribution in [3.63, 3.8) is 0 Å². The van der Waals surface area contributed by atoms with E-state index in [1.807, 2.05) is 52.0 Å². The van der Waals surface area contributed by atoms with Crippen LogP contribution in [0.3, 0.4) is 0 Å². The number of ether oxygens (including phenoxy) is 2. The molecule has 0 radical (unpaired) electrons. The van der Waals surface area contributed by atoms with Crippen molar-refractivity contribution < 1.29 is 29.0 Å². The number of rotatable bonds is 15. The lowest BCUT2D eigenvalue weighted by Gasteiger charge is -2.38. The van der Waals surface area contributed by atoms with Crippen molar-refractivity contribution in [2.45, 2.75) is 83.1 Å². The van der Waals surface area contributed by atoms with Crippen LogP contribution in [0.15, 0.2) is 49.6 Å². The molecule has 1 aromatic rings. The van der Waals surface area contributed by atoms with E-state index in [-0.39, 0.29) is 36.9 Å². The summed E-state index contributed by atoms with van der Waals surface area (Å²) in [4.78, 5) is 48.3. The van der Waals surface area contributed by atoms with Gasteiger partial charge in [0.2, 0.25) is 17.7 Å². The zero-order valence-corrected chi connectivity index (χ0v) is 25.6. The first kappa shape index (κ1) is 31.8. The maximum Gasteiger partial charge on any atom is 0.248 e. The van der Waals surface area contributed by atoms with Gasteiger partial charge in [-0.3, -0.25) is 14.4 Å². The number of carbonyl (C=O) groups excluding carboxylic acids is 3. The average Bonchev–Trinajstić information content (AvgIpc) is 3.53. The molecule has 9 nitrogen and oxygen atoms in total. The van der Waals surface area contributed by atoms with Crippen LogP contribution in [0, 0.1) is 11.8 Å². The van der Waals surface area contributed by atoms with Crippen molar-refractivity contribution in [2.24, 2.45) is 11.8 Å². The first-order chi connectivity index (χ1) is 20.1. The fraction of sp³-hybridized carbons (Fsp3) is 0.606. The van der Waals surface area contributed by atoms with E-state index < -0.39 is 29.1 Å². The van der Waals surface area contributed by atoms with Gasteiger partial charge in [-0.25, -0.2) is 0 Å². The molecule has 1 N–H and O–H groups in total. The predicted molar refractivity (Wildman–Crippen MR) is 162 cm³/mol.